The average Bonchev–Trinajstić information content (AvgIpc) is 3.04. The Hall–Kier alpha value is -1.88. The van der Waals surface area contributed by atoms with Crippen molar-refractivity contribution < 1.29 is 23.8 Å². The lowest BCUT2D eigenvalue weighted by Gasteiger charge is -2.15. The van der Waals surface area contributed by atoms with Gasteiger partial charge in [0.25, 0.3) is 5.91 Å². The highest BCUT2D eigenvalue weighted by Crippen LogP contribution is 2.40. The van der Waals surface area contributed by atoms with Crippen molar-refractivity contribution in [2.24, 2.45) is 0 Å². The van der Waals surface area contributed by atoms with Gasteiger partial charge in [-0.3, -0.25) is 14.5 Å². The number of thiocarbonyl (C=S) groups is 1. The zero-order valence-electron chi connectivity index (χ0n) is 17.9. The Morgan fingerprint density at radius 1 is 1.21 bits per heavy atom. The molecular formula is C23H21Br2NO5S2. The minimum atomic E-state index is -0.392. The molecule has 1 fully saturated rings. The molecule has 1 heterocycles. The molecule has 0 aromatic heterocycles. The fourth-order valence-electron chi connectivity index (χ4n) is 3.01. The molecule has 0 saturated carbocycles. The molecule has 0 unspecified atom stereocenters. The van der Waals surface area contributed by atoms with Gasteiger partial charge in [0.15, 0.2) is 11.5 Å². The van der Waals surface area contributed by atoms with E-state index in [0.29, 0.717) is 38.4 Å². The molecule has 33 heavy (non-hydrogen) atoms. The molecule has 0 bridgehead atoms. The van der Waals surface area contributed by atoms with Gasteiger partial charge in [-0.25, -0.2) is 0 Å². The normalized spacial score (nSPS) is 14.7. The Bertz CT molecular complexity index is 1110. The summed E-state index contributed by atoms with van der Waals surface area (Å²) in [5.74, 6) is 0.517. The molecule has 0 spiro atoms. The van der Waals surface area contributed by atoms with Crippen LogP contribution in [0.15, 0.2) is 50.2 Å². The lowest BCUT2D eigenvalue weighted by molar-refractivity contribution is -0.140. The number of hydrogen-bond acceptors (Lipinski definition) is 7. The molecular weight excluding hydrogens is 594 g/mol. The van der Waals surface area contributed by atoms with Crippen LogP contribution in [-0.2, 0) is 20.9 Å². The highest BCUT2D eigenvalue weighted by atomic mass is 79.9. The summed E-state index contributed by atoms with van der Waals surface area (Å²) in [4.78, 5) is 26.1. The third kappa shape index (κ3) is 6.81. The number of rotatable bonds is 9. The standard InChI is InChI=1S/C23H21Br2NO5S2/c1-3-30-18-11-15(10-17(25)21(18)31-13-14-5-4-6-16(24)9-14)12-19-22(28)26(23(32)33-19)8-7-20(27)29-2/h4-6,9-12H,3,7-8,13H2,1-2H3/b19-12+. The van der Waals surface area contributed by atoms with Crippen molar-refractivity contribution in [1.29, 1.82) is 0 Å². The second-order valence-corrected chi connectivity index (χ2v) is 10.3. The van der Waals surface area contributed by atoms with Gasteiger partial charge in [0.05, 0.1) is 29.5 Å². The first kappa shape index (κ1) is 25.7. The Morgan fingerprint density at radius 3 is 2.70 bits per heavy atom. The smallest absolute Gasteiger partial charge is 0.307 e. The molecule has 1 aliphatic rings. The number of benzene rings is 2. The molecule has 0 radical (unpaired) electrons. The number of halogens is 2. The fraction of sp³-hybridized carbons (Fsp3) is 0.261. The van der Waals surface area contributed by atoms with E-state index in [9.17, 15) is 9.59 Å². The molecule has 174 valence electrons. The maximum Gasteiger partial charge on any atom is 0.307 e. The van der Waals surface area contributed by atoms with E-state index in [4.69, 9.17) is 21.7 Å². The number of hydrogen-bond donors (Lipinski definition) is 0. The summed E-state index contributed by atoms with van der Waals surface area (Å²) in [6.45, 7) is 2.91. The summed E-state index contributed by atoms with van der Waals surface area (Å²) in [5, 5.41) is 0. The number of ether oxygens (including phenoxy) is 3. The van der Waals surface area contributed by atoms with Crippen LogP contribution in [-0.4, -0.2) is 41.4 Å². The second-order valence-electron chi connectivity index (χ2n) is 6.84. The van der Waals surface area contributed by atoms with Crippen LogP contribution in [0.3, 0.4) is 0 Å². The lowest BCUT2D eigenvalue weighted by Crippen LogP contribution is -2.30. The van der Waals surface area contributed by atoms with Crippen molar-refractivity contribution in [1.82, 2.24) is 4.90 Å². The van der Waals surface area contributed by atoms with Crippen molar-refractivity contribution in [2.45, 2.75) is 20.0 Å². The summed E-state index contributed by atoms with van der Waals surface area (Å²) >= 11 is 13.6. The van der Waals surface area contributed by atoms with Crippen LogP contribution in [0.5, 0.6) is 11.5 Å². The van der Waals surface area contributed by atoms with Gasteiger partial charge in [-0.2, -0.15) is 0 Å². The maximum atomic E-state index is 12.8. The van der Waals surface area contributed by atoms with Crippen LogP contribution in [0.25, 0.3) is 6.08 Å². The van der Waals surface area contributed by atoms with Crippen LogP contribution in [0.1, 0.15) is 24.5 Å². The first-order valence-electron chi connectivity index (χ1n) is 9.98. The number of carbonyl (C=O) groups excluding carboxylic acids is 2. The first-order chi connectivity index (χ1) is 15.8. The molecule has 3 rings (SSSR count). The fourth-order valence-corrected chi connectivity index (χ4v) is 5.34. The van der Waals surface area contributed by atoms with Crippen molar-refractivity contribution >= 4 is 78.1 Å². The quantitative estimate of drug-likeness (QED) is 0.196. The highest BCUT2D eigenvalue weighted by Gasteiger charge is 2.32. The van der Waals surface area contributed by atoms with Gasteiger partial charge in [-0.15, -0.1) is 0 Å². The predicted octanol–water partition coefficient (Wildman–Crippen LogP) is 5.95. The number of amides is 1. The molecule has 6 nitrogen and oxygen atoms in total. The van der Waals surface area contributed by atoms with E-state index in [1.165, 1.54) is 23.8 Å². The molecule has 1 saturated heterocycles. The molecule has 2 aromatic rings. The summed E-state index contributed by atoms with van der Waals surface area (Å²) in [6.07, 6.45) is 1.84. The van der Waals surface area contributed by atoms with Crippen LogP contribution in [0, 0.1) is 0 Å². The Morgan fingerprint density at radius 2 is 2.00 bits per heavy atom. The highest BCUT2D eigenvalue weighted by molar-refractivity contribution is 9.10. The summed E-state index contributed by atoms with van der Waals surface area (Å²) in [5.41, 5.74) is 1.77. The summed E-state index contributed by atoms with van der Waals surface area (Å²) < 4.78 is 18.6. The molecule has 0 atom stereocenters. The Balaban J connectivity index is 1.81. The molecule has 2 aromatic carbocycles. The van der Waals surface area contributed by atoms with Crippen molar-refractivity contribution in [3.05, 3.63) is 61.4 Å². The van der Waals surface area contributed by atoms with Gasteiger partial charge < -0.3 is 14.2 Å². The van der Waals surface area contributed by atoms with Gasteiger partial charge in [0.1, 0.15) is 10.9 Å². The van der Waals surface area contributed by atoms with E-state index in [0.717, 1.165) is 15.6 Å². The minimum absolute atomic E-state index is 0.0836. The van der Waals surface area contributed by atoms with Crippen LogP contribution < -0.4 is 9.47 Å². The van der Waals surface area contributed by atoms with E-state index >= 15 is 0 Å². The SMILES string of the molecule is CCOc1cc(/C=C2/SC(=S)N(CCC(=O)OC)C2=O)cc(Br)c1OCc1cccc(Br)c1. The minimum Gasteiger partial charge on any atom is -0.490 e. The zero-order valence-corrected chi connectivity index (χ0v) is 22.7. The number of thioether (sulfide) groups is 1. The third-order valence-electron chi connectivity index (χ3n) is 4.54. The van der Waals surface area contributed by atoms with E-state index in [2.05, 4.69) is 36.6 Å². The second kappa shape index (κ2) is 12.0. The largest absolute Gasteiger partial charge is 0.490 e. The van der Waals surface area contributed by atoms with Gasteiger partial charge in [0.2, 0.25) is 0 Å². The topological polar surface area (TPSA) is 65.1 Å². The monoisotopic (exact) mass is 613 g/mol. The summed E-state index contributed by atoms with van der Waals surface area (Å²) in [6, 6.07) is 11.6. The van der Waals surface area contributed by atoms with Gasteiger partial charge in [-0.05, 0) is 64.3 Å². The number of nitrogens with zero attached hydrogens (tertiary/aromatic N) is 1. The molecule has 0 N–H and O–H groups in total. The number of methoxy groups -OCH3 is 1. The Kier molecular flexibility index (Phi) is 9.37. The average molecular weight is 615 g/mol. The van der Waals surface area contributed by atoms with Gasteiger partial charge >= 0.3 is 5.97 Å². The molecule has 10 heteroatoms. The molecule has 1 amide bonds. The van der Waals surface area contributed by atoms with Crippen molar-refractivity contribution in [2.75, 3.05) is 20.3 Å². The van der Waals surface area contributed by atoms with Crippen LogP contribution in [0.4, 0.5) is 0 Å². The van der Waals surface area contributed by atoms with Crippen LogP contribution in [0.2, 0.25) is 0 Å². The van der Waals surface area contributed by atoms with Gasteiger partial charge in [-0.1, -0.05) is 52.0 Å². The van der Waals surface area contributed by atoms with Gasteiger partial charge in [0, 0.05) is 11.0 Å². The van der Waals surface area contributed by atoms with E-state index in [-0.39, 0.29) is 18.9 Å². The molecule has 0 aliphatic carbocycles. The lowest BCUT2D eigenvalue weighted by atomic mass is 10.1. The summed E-state index contributed by atoms with van der Waals surface area (Å²) in [7, 11) is 1.31. The van der Waals surface area contributed by atoms with E-state index < -0.39 is 5.97 Å². The van der Waals surface area contributed by atoms with Crippen molar-refractivity contribution in [3.8, 4) is 11.5 Å². The number of carbonyl (C=O) groups is 2. The van der Waals surface area contributed by atoms with Crippen LogP contribution >= 0.6 is 55.8 Å². The van der Waals surface area contributed by atoms with E-state index in [1.807, 2.05) is 43.3 Å². The van der Waals surface area contributed by atoms with Crippen molar-refractivity contribution in [3.63, 3.8) is 0 Å². The Labute approximate surface area is 218 Å². The number of esters is 1. The zero-order chi connectivity index (χ0) is 24.0. The first-order valence-corrected chi connectivity index (χ1v) is 12.8. The third-order valence-corrected chi connectivity index (χ3v) is 7.00. The van der Waals surface area contributed by atoms with E-state index in [1.54, 1.807) is 6.08 Å². The maximum absolute atomic E-state index is 12.8. The molecule has 1 aliphatic heterocycles. The predicted molar refractivity (Wildman–Crippen MR) is 140 cm³/mol.